The van der Waals surface area contributed by atoms with Crippen LogP contribution < -0.4 is 10.5 Å². The second-order valence-corrected chi connectivity index (χ2v) is 4.64. The number of hydrogen-bond donors (Lipinski definition) is 1. The monoisotopic (exact) mass is 264 g/mol. The van der Waals surface area contributed by atoms with Crippen molar-refractivity contribution < 1.29 is 4.74 Å². The second kappa shape index (κ2) is 5.31. The largest absolute Gasteiger partial charge is 0.496 e. The van der Waals surface area contributed by atoms with Gasteiger partial charge in [-0.2, -0.15) is 0 Å². The molecule has 0 saturated carbocycles. The Morgan fingerprint density at radius 3 is 2.80 bits per heavy atom. The Morgan fingerprint density at radius 1 is 1.10 bits per heavy atom. The number of ether oxygens (including phenoxy) is 1. The minimum Gasteiger partial charge on any atom is -0.496 e. The van der Waals surface area contributed by atoms with Crippen LogP contribution in [0.2, 0.25) is 0 Å². The van der Waals surface area contributed by atoms with E-state index in [0.29, 0.717) is 6.54 Å². The summed E-state index contributed by atoms with van der Waals surface area (Å²) in [6.45, 7) is 0.545. The van der Waals surface area contributed by atoms with E-state index in [1.165, 1.54) is 5.56 Å². The van der Waals surface area contributed by atoms with E-state index in [4.69, 9.17) is 10.5 Å². The standard InChI is InChI=1S/C17H16N2O/c1-20-17-6-5-14(15-7-8-19-11-16(15)17)13-4-2-3-12(9-13)10-18/h2-9,11H,10,18H2,1H3. The molecule has 1 aromatic heterocycles. The van der Waals surface area contributed by atoms with Gasteiger partial charge in [0.2, 0.25) is 0 Å². The molecule has 0 fully saturated rings. The summed E-state index contributed by atoms with van der Waals surface area (Å²) in [5.74, 6) is 0.840. The molecule has 0 atom stereocenters. The fourth-order valence-corrected chi connectivity index (χ4v) is 2.46. The van der Waals surface area contributed by atoms with Crippen molar-refractivity contribution in [2.45, 2.75) is 6.54 Å². The van der Waals surface area contributed by atoms with Gasteiger partial charge in [-0.3, -0.25) is 4.98 Å². The summed E-state index contributed by atoms with van der Waals surface area (Å²) in [6.07, 6.45) is 3.64. The van der Waals surface area contributed by atoms with E-state index in [2.05, 4.69) is 23.2 Å². The first-order chi connectivity index (χ1) is 9.83. The lowest BCUT2D eigenvalue weighted by Gasteiger charge is -2.11. The Hall–Kier alpha value is -2.39. The van der Waals surface area contributed by atoms with Crippen LogP contribution in [0.4, 0.5) is 0 Å². The molecule has 1 heterocycles. The van der Waals surface area contributed by atoms with Crippen molar-refractivity contribution in [1.82, 2.24) is 4.98 Å². The van der Waals surface area contributed by atoms with E-state index in [0.717, 1.165) is 27.6 Å². The highest BCUT2D eigenvalue weighted by Gasteiger charge is 2.08. The fraction of sp³-hybridized carbons (Fsp3) is 0.118. The first-order valence-corrected chi connectivity index (χ1v) is 6.53. The van der Waals surface area contributed by atoms with Gasteiger partial charge in [0.05, 0.1) is 7.11 Å². The summed E-state index contributed by atoms with van der Waals surface area (Å²) in [6, 6.07) is 14.4. The van der Waals surface area contributed by atoms with Crippen molar-refractivity contribution in [2.75, 3.05) is 7.11 Å². The highest BCUT2D eigenvalue weighted by atomic mass is 16.5. The van der Waals surface area contributed by atoms with E-state index in [1.54, 1.807) is 13.3 Å². The van der Waals surface area contributed by atoms with E-state index < -0.39 is 0 Å². The number of fused-ring (bicyclic) bond motifs is 1. The minimum atomic E-state index is 0.545. The molecule has 0 aliphatic carbocycles. The van der Waals surface area contributed by atoms with Crippen molar-refractivity contribution in [2.24, 2.45) is 5.73 Å². The molecule has 3 rings (SSSR count). The summed E-state index contributed by atoms with van der Waals surface area (Å²) in [5, 5.41) is 2.15. The van der Waals surface area contributed by atoms with Gasteiger partial charge in [0.15, 0.2) is 0 Å². The number of rotatable bonds is 3. The van der Waals surface area contributed by atoms with Crippen LogP contribution in [0.15, 0.2) is 54.9 Å². The number of hydrogen-bond acceptors (Lipinski definition) is 3. The summed E-state index contributed by atoms with van der Waals surface area (Å²) in [5.41, 5.74) is 9.17. The normalized spacial score (nSPS) is 10.7. The third kappa shape index (κ3) is 2.12. The molecule has 0 amide bonds. The molecule has 0 saturated heterocycles. The molecule has 2 N–H and O–H groups in total. The van der Waals surface area contributed by atoms with Crippen LogP contribution in [-0.4, -0.2) is 12.1 Å². The molecular formula is C17H16N2O. The molecular weight excluding hydrogens is 248 g/mol. The maximum absolute atomic E-state index is 5.73. The molecule has 3 aromatic rings. The molecule has 0 radical (unpaired) electrons. The summed E-state index contributed by atoms with van der Waals surface area (Å²) in [7, 11) is 1.68. The topological polar surface area (TPSA) is 48.1 Å². The van der Waals surface area contributed by atoms with Gasteiger partial charge >= 0.3 is 0 Å². The molecule has 20 heavy (non-hydrogen) atoms. The Kier molecular flexibility index (Phi) is 3.35. The van der Waals surface area contributed by atoms with Gasteiger partial charge in [0.1, 0.15) is 5.75 Å². The molecule has 3 nitrogen and oxygen atoms in total. The average molecular weight is 264 g/mol. The smallest absolute Gasteiger partial charge is 0.128 e. The zero-order valence-electron chi connectivity index (χ0n) is 11.3. The molecule has 0 aliphatic heterocycles. The van der Waals surface area contributed by atoms with Crippen LogP contribution in [0.5, 0.6) is 5.75 Å². The molecule has 2 aromatic carbocycles. The van der Waals surface area contributed by atoms with Gasteiger partial charge in [0, 0.05) is 24.3 Å². The summed E-state index contributed by atoms with van der Waals surface area (Å²) < 4.78 is 5.40. The van der Waals surface area contributed by atoms with Gasteiger partial charge < -0.3 is 10.5 Å². The molecule has 0 spiro atoms. The van der Waals surface area contributed by atoms with Gasteiger partial charge in [-0.05, 0) is 40.3 Å². The lowest BCUT2D eigenvalue weighted by molar-refractivity contribution is 0.420. The Bertz CT molecular complexity index is 753. The number of methoxy groups -OCH3 is 1. The van der Waals surface area contributed by atoms with Crippen LogP contribution in [-0.2, 0) is 6.54 Å². The zero-order chi connectivity index (χ0) is 13.9. The van der Waals surface area contributed by atoms with Crippen LogP contribution in [0.3, 0.4) is 0 Å². The third-order valence-electron chi connectivity index (χ3n) is 3.47. The van der Waals surface area contributed by atoms with Crippen LogP contribution >= 0.6 is 0 Å². The average Bonchev–Trinajstić information content (AvgIpc) is 2.54. The summed E-state index contributed by atoms with van der Waals surface area (Å²) in [4.78, 5) is 4.19. The zero-order valence-corrected chi connectivity index (χ0v) is 11.3. The Labute approximate surface area is 118 Å². The SMILES string of the molecule is COc1ccc(-c2cccc(CN)c2)c2ccncc12. The third-order valence-corrected chi connectivity index (χ3v) is 3.47. The van der Waals surface area contributed by atoms with Gasteiger partial charge in [-0.15, -0.1) is 0 Å². The minimum absolute atomic E-state index is 0.545. The van der Waals surface area contributed by atoms with Gasteiger partial charge in [-0.25, -0.2) is 0 Å². The maximum Gasteiger partial charge on any atom is 0.128 e. The second-order valence-electron chi connectivity index (χ2n) is 4.64. The van der Waals surface area contributed by atoms with E-state index in [9.17, 15) is 0 Å². The molecule has 3 heteroatoms. The van der Waals surface area contributed by atoms with Gasteiger partial charge in [-0.1, -0.05) is 24.3 Å². The van der Waals surface area contributed by atoms with Crippen molar-refractivity contribution in [3.63, 3.8) is 0 Å². The maximum atomic E-state index is 5.73. The van der Waals surface area contributed by atoms with E-state index in [1.807, 2.05) is 30.5 Å². The number of nitrogens with two attached hydrogens (primary N) is 1. The van der Waals surface area contributed by atoms with Crippen LogP contribution in [0.1, 0.15) is 5.56 Å². The van der Waals surface area contributed by atoms with E-state index in [-0.39, 0.29) is 0 Å². The Morgan fingerprint density at radius 2 is 2.00 bits per heavy atom. The van der Waals surface area contributed by atoms with Crippen molar-refractivity contribution in [3.8, 4) is 16.9 Å². The number of pyridine rings is 1. The lowest BCUT2D eigenvalue weighted by atomic mass is 9.97. The molecule has 0 aliphatic rings. The molecule has 0 bridgehead atoms. The van der Waals surface area contributed by atoms with Crippen molar-refractivity contribution in [1.29, 1.82) is 0 Å². The molecule has 0 unspecified atom stereocenters. The number of aromatic nitrogens is 1. The predicted octanol–water partition coefficient (Wildman–Crippen LogP) is 3.37. The molecule has 100 valence electrons. The van der Waals surface area contributed by atoms with Gasteiger partial charge in [0.25, 0.3) is 0 Å². The number of nitrogens with zero attached hydrogens (tertiary/aromatic N) is 1. The quantitative estimate of drug-likeness (QED) is 0.789. The van der Waals surface area contributed by atoms with Crippen molar-refractivity contribution in [3.05, 3.63) is 60.4 Å². The van der Waals surface area contributed by atoms with Crippen molar-refractivity contribution >= 4 is 10.8 Å². The first kappa shape index (κ1) is 12.6. The fourth-order valence-electron chi connectivity index (χ4n) is 2.46. The highest BCUT2D eigenvalue weighted by Crippen LogP contribution is 2.33. The Balaban J connectivity index is 2.26. The summed E-state index contributed by atoms with van der Waals surface area (Å²) >= 11 is 0. The number of benzene rings is 2. The lowest BCUT2D eigenvalue weighted by Crippen LogP contribution is -1.96. The first-order valence-electron chi connectivity index (χ1n) is 6.53. The van der Waals surface area contributed by atoms with Crippen LogP contribution in [0, 0.1) is 0 Å². The van der Waals surface area contributed by atoms with E-state index >= 15 is 0 Å². The predicted molar refractivity (Wildman–Crippen MR) is 81.6 cm³/mol. The van der Waals surface area contributed by atoms with Crippen LogP contribution in [0.25, 0.3) is 21.9 Å². The highest BCUT2D eigenvalue weighted by molar-refractivity contribution is 5.99.